The summed E-state index contributed by atoms with van der Waals surface area (Å²) in [6.45, 7) is 4.20. The molecule has 3 N–H and O–H groups in total. The normalized spacial score (nSPS) is 16.4. The van der Waals surface area contributed by atoms with Crippen molar-refractivity contribution in [2.24, 2.45) is 5.92 Å². The summed E-state index contributed by atoms with van der Waals surface area (Å²) in [4.78, 5) is 12.8. The van der Waals surface area contributed by atoms with Gasteiger partial charge in [-0.25, -0.2) is 0 Å². The van der Waals surface area contributed by atoms with Crippen LogP contribution in [0.25, 0.3) is 0 Å². The highest BCUT2D eigenvalue weighted by atomic mass is 32.1. The number of ketones is 1. The smallest absolute Gasteiger partial charge is 0.178 e. The predicted octanol–water partition coefficient (Wildman–Crippen LogP) is 3.14. The zero-order chi connectivity index (χ0) is 13.3. The Labute approximate surface area is 112 Å². The first kappa shape index (κ1) is 13.2. The third-order valence-corrected chi connectivity index (χ3v) is 4.40. The SMILES string of the molecule is CCC(C)Nc1sc(C(=O)C2CC2)c(N)c1OC. The molecule has 0 aromatic carbocycles. The van der Waals surface area contributed by atoms with Gasteiger partial charge in [-0.2, -0.15) is 0 Å². The monoisotopic (exact) mass is 268 g/mol. The molecule has 1 heterocycles. The molecule has 0 amide bonds. The maximum absolute atomic E-state index is 12.1. The number of nitrogens with one attached hydrogen (secondary N) is 1. The molecule has 0 bridgehead atoms. The van der Waals surface area contributed by atoms with E-state index in [1.54, 1.807) is 7.11 Å². The van der Waals surface area contributed by atoms with Crippen LogP contribution in [0.15, 0.2) is 0 Å². The number of hydrogen-bond donors (Lipinski definition) is 2. The van der Waals surface area contributed by atoms with Gasteiger partial charge in [-0.15, -0.1) is 11.3 Å². The van der Waals surface area contributed by atoms with Crippen LogP contribution >= 0.6 is 11.3 Å². The molecule has 5 heteroatoms. The maximum atomic E-state index is 12.1. The molecule has 1 atom stereocenters. The van der Waals surface area contributed by atoms with Crippen molar-refractivity contribution in [2.75, 3.05) is 18.2 Å². The molecule has 1 aromatic rings. The highest BCUT2D eigenvalue weighted by Gasteiger charge is 2.34. The van der Waals surface area contributed by atoms with E-state index >= 15 is 0 Å². The molecule has 0 spiro atoms. The first-order valence-electron chi connectivity index (χ1n) is 6.35. The highest BCUT2D eigenvalue weighted by Crippen LogP contribution is 2.46. The minimum atomic E-state index is 0.174. The van der Waals surface area contributed by atoms with E-state index in [2.05, 4.69) is 19.2 Å². The van der Waals surface area contributed by atoms with E-state index in [1.807, 2.05) is 0 Å². The number of rotatable bonds is 6. The van der Waals surface area contributed by atoms with E-state index in [0.717, 1.165) is 24.3 Å². The van der Waals surface area contributed by atoms with E-state index in [4.69, 9.17) is 10.5 Å². The molecule has 1 aliphatic rings. The molecule has 1 aromatic heterocycles. The van der Waals surface area contributed by atoms with Crippen molar-refractivity contribution >= 4 is 27.8 Å². The second-order valence-corrected chi connectivity index (χ2v) is 5.82. The summed E-state index contributed by atoms with van der Waals surface area (Å²) in [7, 11) is 1.59. The molecule has 2 rings (SSSR count). The molecule has 1 fully saturated rings. The molecule has 100 valence electrons. The van der Waals surface area contributed by atoms with Gasteiger partial charge in [0.2, 0.25) is 0 Å². The fourth-order valence-electron chi connectivity index (χ4n) is 1.77. The number of nitrogen functional groups attached to an aromatic ring is 1. The van der Waals surface area contributed by atoms with E-state index in [0.29, 0.717) is 22.4 Å². The lowest BCUT2D eigenvalue weighted by Gasteiger charge is -2.12. The lowest BCUT2D eigenvalue weighted by atomic mass is 10.2. The summed E-state index contributed by atoms with van der Waals surface area (Å²) in [5, 5.41) is 4.22. The van der Waals surface area contributed by atoms with Crippen LogP contribution < -0.4 is 15.8 Å². The van der Waals surface area contributed by atoms with Gasteiger partial charge in [0, 0.05) is 12.0 Å². The van der Waals surface area contributed by atoms with Crippen molar-refractivity contribution in [1.29, 1.82) is 0 Å². The van der Waals surface area contributed by atoms with Gasteiger partial charge in [0.25, 0.3) is 0 Å². The van der Waals surface area contributed by atoms with Crippen LogP contribution in [0.1, 0.15) is 42.8 Å². The third-order valence-electron chi connectivity index (χ3n) is 3.27. The van der Waals surface area contributed by atoms with Gasteiger partial charge >= 0.3 is 0 Å². The number of ether oxygens (including phenoxy) is 1. The molecule has 0 radical (unpaired) electrons. The van der Waals surface area contributed by atoms with Gasteiger partial charge in [0.1, 0.15) is 5.00 Å². The maximum Gasteiger partial charge on any atom is 0.178 e. The minimum Gasteiger partial charge on any atom is -0.492 e. The summed E-state index contributed by atoms with van der Waals surface area (Å²) >= 11 is 1.42. The van der Waals surface area contributed by atoms with Crippen molar-refractivity contribution in [3.8, 4) is 5.75 Å². The van der Waals surface area contributed by atoms with Gasteiger partial charge in [0.15, 0.2) is 11.5 Å². The Hall–Kier alpha value is -1.23. The molecule has 1 saturated carbocycles. The van der Waals surface area contributed by atoms with Gasteiger partial charge < -0.3 is 15.8 Å². The molecule has 18 heavy (non-hydrogen) atoms. The first-order valence-corrected chi connectivity index (χ1v) is 7.17. The van der Waals surface area contributed by atoms with E-state index in [-0.39, 0.29) is 11.7 Å². The van der Waals surface area contributed by atoms with E-state index < -0.39 is 0 Å². The number of nitrogens with two attached hydrogens (primary N) is 1. The van der Waals surface area contributed by atoms with Crippen molar-refractivity contribution in [1.82, 2.24) is 0 Å². The fraction of sp³-hybridized carbons (Fsp3) is 0.615. The summed E-state index contributed by atoms with van der Waals surface area (Å²) in [5.41, 5.74) is 6.51. The summed E-state index contributed by atoms with van der Waals surface area (Å²) in [6.07, 6.45) is 2.99. The number of methoxy groups -OCH3 is 1. The van der Waals surface area contributed by atoms with Gasteiger partial charge in [-0.1, -0.05) is 6.92 Å². The van der Waals surface area contributed by atoms with Crippen molar-refractivity contribution in [3.63, 3.8) is 0 Å². The van der Waals surface area contributed by atoms with E-state index in [1.165, 1.54) is 11.3 Å². The Kier molecular flexibility index (Phi) is 3.80. The zero-order valence-corrected chi connectivity index (χ0v) is 11.9. The number of carbonyl (C=O) groups excluding carboxylic acids is 1. The largest absolute Gasteiger partial charge is 0.492 e. The van der Waals surface area contributed by atoms with Gasteiger partial charge in [-0.3, -0.25) is 4.79 Å². The molecule has 1 unspecified atom stereocenters. The molecule has 1 aliphatic carbocycles. The molecule has 0 aliphatic heterocycles. The van der Waals surface area contributed by atoms with Crippen LogP contribution in [0.3, 0.4) is 0 Å². The Bertz CT molecular complexity index is 452. The van der Waals surface area contributed by atoms with Crippen molar-refractivity contribution in [3.05, 3.63) is 4.88 Å². The first-order chi connectivity index (χ1) is 8.58. The van der Waals surface area contributed by atoms with Crippen LogP contribution in [-0.4, -0.2) is 18.9 Å². The lowest BCUT2D eigenvalue weighted by Crippen LogP contribution is -2.12. The zero-order valence-electron chi connectivity index (χ0n) is 11.1. The quantitative estimate of drug-likeness (QED) is 0.778. The molecular formula is C13H20N2O2S. The standard InChI is InChI=1S/C13H20N2O2S/c1-4-7(2)15-13-11(17-3)9(14)12(18-13)10(16)8-5-6-8/h7-8,15H,4-6,14H2,1-3H3. The molecule has 0 saturated heterocycles. The average molecular weight is 268 g/mol. The molecular weight excluding hydrogens is 248 g/mol. The Morgan fingerprint density at radius 2 is 2.28 bits per heavy atom. The summed E-state index contributed by atoms with van der Waals surface area (Å²) in [6, 6.07) is 0.334. The predicted molar refractivity (Wildman–Crippen MR) is 75.7 cm³/mol. The number of anilines is 2. The number of Topliss-reactive ketones (excluding diaryl/α,β-unsaturated/α-hetero) is 1. The number of carbonyl (C=O) groups is 1. The second kappa shape index (κ2) is 5.18. The lowest BCUT2D eigenvalue weighted by molar-refractivity contribution is 0.0972. The van der Waals surface area contributed by atoms with Gasteiger partial charge in [-0.05, 0) is 26.2 Å². The number of hydrogen-bond acceptors (Lipinski definition) is 5. The van der Waals surface area contributed by atoms with Crippen LogP contribution in [-0.2, 0) is 0 Å². The third kappa shape index (κ3) is 2.46. The van der Waals surface area contributed by atoms with Crippen molar-refractivity contribution < 1.29 is 9.53 Å². The Balaban J connectivity index is 2.28. The Morgan fingerprint density at radius 1 is 1.61 bits per heavy atom. The summed E-state index contributed by atoms with van der Waals surface area (Å²) < 4.78 is 5.32. The van der Waals surface area contributed by atoms with Gasteiger partial charge in [0.05, 0.1) is 17.7 Å². The Morgan fingerprint density at radius 3 is 2.78 bits per heavy atom. The van der Waals surface area contributed by atoms with Crippen LogP contribution in [0.5, 0.6) is 5.75 Å². The molecule has 4 nitrogen and oxygen atoms in total. The average Bonchev–Trinajstić information content (AvgIpc) is 3.15. The van der Waals surface area contributed by atoms with E-state index in [9.17, 15) is 4.79 Å². The second-order valence-electron chi connectivity index (χ2n) is 4.80. The minimum absolute atomic E-state index is 0.174. The van der Waals surface area contributed by atoms with Crippen LogP contribution in [0.4, 0.5) is 10.7 Å². The highest BCUT2D eigenvalue weighted by molar-refractivity contribution is 7.19. The van der Waals surface area contributed by atoms with Crippen molar-refractivity contribution in [2.45, 2.75) is 39.2 Å². The van der Waals surface area contributed by atoms with Crippen LogP contribution in [0, 0.1) is 5.92 Å². The fourth-order valence-corrected chi connectivity index (χ4v) is 2.99. The topological polar surface area (TPSA) is 64.4 Å². The van der Waals surface area contributed by atoms with Crippen LogP contribution in [0.2, 0.25) is 0 Å². The summed E-state index contributed by atoms with van der Waals surface area (Å²) in [5.74, 6) is 0.976. The number of thiophene rings is 1.